The number of hydrogen-bond acceptors (Lipinski definition) is 6. The lowest BCUT2D eigenvalue weighted by molar-refractivity contribution is -0.387. The molecule has 3 rings (SSSR count). The smallest absolute Gasteiger partial charge is 0.288 e. The Balaban J connectivity index is 1.78. The number of benzene rings is 2. The zero-order valence-corrected chi connectivity index (χ0v) is 17.4. The van der Waals surface area contributed by atoms with Crippen LogP contribution in [0.4, 0.5) is 11.4 Å². The lowest BCUT2D eigenvalue weighted by atomic mass is 10.1. The first-order valence-corrected chi connectivity index (χ1v) is 11.1. The number of nitro groups is 1. The summed E-state index contributed by atoms with van der Waals surface area (Å²) in [5.74, 6) is -0.339. The largest absolute Gasteiger partial charge is 0.368 e. The van der Waals surface area contributed by atoms with Gasteiger partial charge in [-0.25, -0.2) is 8.42 Å². The third-order valence-corrected chi connectivity index (χ3v) is 6.43. The fraction of sp³-hybridized carbons (Fsp3) is 0.350. The van der Waals surface area contributed by atoms with Crippen molar-refractivity contribution in [3.63, 3.8) is 0 Å². The predicted molar refractivity (Wildman–Crippen MR) is 110 cm³/mol. The molecule has 0 N–H and O–H groups in total. The number of rotatable bonds is 4. The van der Waals surface area contributed by atoms with E-state index in [9.17, 15) is 23.3 Å². The quantitative estimate of drug-likeness (QED) is 0.560. The van der Waals surface area contributed by atoms with Gasteiger partial charge in [0.1, 0.15) is 4.90 Å². The molecule has 0 aromatic heterocycles. The first-order valence-electron chi connectivity index (χ1n) is 9.18. The van der Waals surface area contributed by atoms with Crippen molar-refractivity contribution in [2.45, 2.75) is 18.7 Å². The van der Waals surface area contributed by atoms with Gasteiger partial charge in [-0.1, -0.05) is 12.1 Å². The predicted octanol–water partition coefficient (Wildman–Crippen LogP) is 2.58. The summed E-state index contributed by atoms with van der Waals surface area (Å²) in [5.41, 5.74) is 3.10. The van der Waals surface area contributed by atoms with E-state index in [0.29, 0.717) is 26.2 Å². The van der Waals surface area contributed by atoms with Crippen LogP contribution in [0.1, 0.15) is 21.5 Å². The third kappa shape index (κ3) is 4.24. The Kier molecular flexibility index (Phi) is 5.61. The van der Waals surface area contributed by atoms with E-state index in [0.717, 1.165) is 24.1 Å². The summed E-state index contributed by atoms with van der Waals surface area (Å²) in [4.78, 5) is 26.8. The number of aryl methyl sites for hydroxylation is 1. The van der Waals surface area contributed by atoms with Gasteiger partial charge in [0.05, 0.1) is 4.92 Å². The summed E-state index contributed by atoms with van der Waals surface area (Å²) in [6.45, 7) is 6.40. The highest BCUT2D eigenvalue weighted by molar-refractivity contribution is 7.90. The van der Waals surface area contributed by atoms with E-state index in [4.69, 9.17) is 0 Å². The van der Waals surface area contributed by atoms with Crippen LogP contribution in [-0.2, 0) is 9.84 Å². The number of nitrogens with zero attached hydrogens (tertiary/aromatic N) is 3. The number of anilines is 1. The van der Waals surface area contributed by atoms with E-state index in [1.165, 1.54) is 17.2 Å². The van der Waals surface area contributed by atoms with E-state index >= 15 is 0 Å². The van der Waals surface area contributed by atoms with Crippen LogP contribution in [0.2, 0.25) is 0 Å². The Bertz CT molecular complexity index is 1070. The molecule has 0 saturated carbocycles. The van der Waals surface area contributed by atoms with Gasteiger partial charge >= 0.3 is 0 Å². The Morgan fingerprint density at radius 1 is 1.07 bits per heavy atom. The summed E-state index contributed by atoms with van der Waals surface area (Å²) in [7, 11) is -3.76. The second-order valence-corrected chi connectivity index (χ2v) is 9.19. The van der Waals surface area contributed by atoms with Crippen molar-refractivity contribution in [3.05, 3.63) is 63.2 Å². The Labute approximate surface area is 169 Å². The topological polar surface area (TPSA) is 101 Å². The Hall–Kier alpha value is -2.94. The average Bonchev–Trinajstić information content (AvgIpc) is 2.68. The van der Waals surface area contributed by atoms with Crippen LogP contribution in [0.3, 0.4) is 0 Å². The molecular formula is C20H23N3O5S. The molecule has 0 aliphatic carbocycles. The fourth-order valence-electron chi connectivity index (χ4n) is 3.52. The van der Waals surface area contributed by atoms with Gasteiger partial charge in [0.15, 0.2) is 9.84 Å². The monoisotopic (exact) mass is 417 g/mol. The molecule has 154 valence electrons. The van der Waals surface area contributed by atoms with E-state index in [-0.39, 0.29) is 11.5 Å². The molecule has 29 heavy (non-hydrogen) atoms. The van der Waals surface area contributed by atoms with Gasteiger partial charge in [0.2, 0.25) is 0 Å². The number of carbonyl (C=O) groups is 1. The number of hydrogen-bond donors (Lipinski definition) is 0. The van der Waals surface area contributed by atoms with Crippen LogP contribution in [0.15, 0.2) is 41.3 Å². The van der Waals surface area contributed by atoms with Crippen LogP contribution < -0.4 is 4.90 Å². The average molecular weight is 417 g/mol. The van der Waals surface area contributed by atoms with Gasteiger partial charge in [-0.05, 0) is 43.2 Å². The van der Waals surface area contributed by atoms with E-state index in [2.05, 4.69) is 30.9 Å². The molecule has 2 aromatic rings. The molecule has 1 fully saturated rings. The normalized spacial score (nSPS) is 14.7. The first-order chi connectivity index (χ1) is 13.6. The third-order valence-electron chi connectivity index (χ3n) is 5.29. The second-order valence-electron chi connectivity index (χ2n) is 7.21. The molecule has 2 aromatic carbocycles. The number of carbonyl (C=O) groups excluding carboxylic acids is 1. The van der Waals surface area contributed by atoms with Gasteiger partial charge in [-0.2, -0.15) is 0 Å². The summed E-state index contributed by atoms with van der Waals surface area (Å²) in [6.07, 6.45) is 0.906. The molecular weight excluding hydrogens is 394 g/mol. The van der Waals surface area contributed by atoms with Gasteiger partial charge in [0, 0.05) is 49.8 Å². The molecule has 1 heterocycles. The van der Waals surface area contributed by atoms with Crippen molar-refractivity contribution >= 4 is 27.1 Å². The lowest BCUT2D eigenvalue weighted by Gasteiger charge is -2.37. The minimum Gasteiger partial charge on any atom is -0.368 e. The van der Waals surface area contributed by atoms with Gasteiger partial charge in [-0.15, -0.1) is 0 Å². The molecule has 0 spiro atoms. The zero-order valence-electron chi connectivity index (χ0n) is 16.6. The van der Waals surface area contributed by atoms with Gasteiger partial charge < -0.3 is 9.80 Å². The lowest BCUT2D eigenvalue weighted by Crippen LogP contribution is -2.49. The zero-order chi connectivity index (χ0) is 21.3. The number of piperazine rings is 1. The Morgan fingerprint density at radius 2 is 1.72 bits per heavy atom. The van der Waals surface area contributed by atoms with E-state index in [1.807, 2.05) is 6.07 Å². The Morgan fingerprint density at radius 3 is 2.31 bits per heavy atom. The number of sulfone groups is 1. The SMILES string of the molecule is Cc1cccc(N2CCN(C(=O)c3ccc(S(C)(=O)=O)c([N+](=O)[O-])c3)CC2)c1C. The highest BCUT2D eigenvalue weighted by Gasteiger charge is 2.27. The number of amides is 1. The summed E-state index contributed by atoms with van der Waals surface area (Å²) in [6, 6.07) is 9.65. The van der Waals surface area contributed by atoms with Crippen molar-refractivity contribution in [1.29, 1.82) is 0 Å². The second kappa shape index (κ2) is 7.82. The van der Waals surface area contributed by atoms with Crippen molar-refractivity contribution in [3.8, 4) is 0 Å². The molecule has 1 amide bonds. The van der Waals surface area contributed by atoms with Crippen LogP contribution in [0.25, 0.3) is 0 Å². The molecule has 1 saturated heterocycles. The molecule has 8 nitrogen and oxygen atoms in total. The maximum Gasteiger partial charge on any atom is 0.288 e. The van der Waals surface area contributed by atoms with Crippen molar-refractivity contribution in [1.82, 2.24) is 4.90 Å². The molecule has 1 aliphatic heterocycles. The van der Waals surface area contributed by atoms with Crippen molar-refractivity contribution in [2.75, 3.05) is 37.3 Å². The molecule has 1 aliphatic rings. The molecule has 0 atom stereocenters. The molecule has 0 bridgehead atoms. The van der Waals surface area contributed by atoms with E-state index in [1.54, 1.807) is 4.90 Å². The summed E-state index contributed by atoms with van der Waals surface area (Å²) < 4.78 is 23.5. The molecule has 9 heteroatoms. The van der Waals surface area contributed by atoms with Crippen LogP contribution in [-0.4, -0.2) is 56.6 Å². The first kappa shape index (κ1) is 20.8. The summed E-state index contributed by atoms with van der Waals surface area (Å²) >= 11 is 0. The van der Waals surface area contributed by atoms with Gasteiger partial charge in [-0.3, -0.25) is 14.9 Å². The van der Waals surface area contributed by atoms with Crippen LogP contribution >= 0.6 is 0 Å². The molecule has 0 radical (unpaired) electrons. The number of nitro benzene ring substituents is 1. The fourth-order valence-corrected chi connectivity index (χ4v) is 4.35. The van der Waals surface area contributed by atoms with Crippen LogP contribution in [0, 0.1) is 24.0 Å². The minimum absolute atomic E-state index is 0.115. The van der Waals surface area contributed by atoms with E-state index < -0.39 is 25.3 Å². The van der Waals surface area contributed by atoms with Gasteiger partial charge in [0.25, 0.3) is 11.6 Å². The standard InChI is InChI=1S/C20H23N3O5S/c1-14-5-4-6-17(15(14)2)21-9-11-22(12-10-21)20(24)16-7-8-19(29(3,27)28)18(13-16)23(25)26/h4-8,13H,9-12H2,1-3H3. The maximum absolute atomic E-state index is 12.8. The van der Waals surface area contributed by atoms with Crippen LogP contribution in [0.5, 0.6) is 0 Å². The van der Waals surface area contributed by atoms with Crippen molar-refractivity contribution in [2.24, 2.45) is 0 Å². The minimum atomic E-state index is -3.76. The highest BCUT2D eigenvalue weighted by Crippen LogP contribution is 2.27. The maximum atomic E-state index is 12.8. The molecule has 0 unspecified atom stereocenters. The summed E-state index contributed by atoms with van der Waals surface area (Å²) in [5, 5.41) is 11.3. The van der Waals surface area contributed by atoms with Crippen molar-refractivity contribution < 1.29 is 18.1 Å². The highest BCUT2D eigenvalue weighted by atomic mass is 32.2.